The topological polar surface area (TPSA) is 46.2 Å². The lowest BCUT2D eigenvalue weighted by atomic mass is 9.77. The summed E-state index contributed by atoms with van der Waals surface area (Å²) in [6.45, 7) is 7.88. The van der Waals surface area contributed by atoms with Gasteiger partial charge in [-0.25, -0.2) is 0 Å². The Hall–Kier alpha value is -1.57. The molecule has 0 radical (unpaired) electrons. The summed E-state index contributed by atoms with van der Waals surface area (Å²) in [7, 11) is 1.28. The second-order valence-corrected chi connectivity index (χ2v) is 14.9. The molecular weight excluding hydrogens is 595 g/mol. The highest BCUT2D eigenvalue weighted by Gasteiger charge is 2.50. The monoisotopic (exact) mass is 652 g/mol. The zero-order valence-corrected chi connectivity index (χ0v) is 29.5. The van der Waals surface area contributed by atoms with Crippen LogP contribution in [-0.2, 0) is 32.0 Å². The van der Waals surface area contributed by atoms with E-state index in [1.807, 2.05) is 18.2 Å². The van der Waals surface area contributed by atoms with Crippen molar-refractivity contribution < 1.29 is 23.5 Å². The first-order valence-electron chi connectivity index (χ1n) is 18.3. The van der Waals surface area contributed by atoms with Crippen LogP contribution in [0, 0.1) is 23.7 Å². The lowest BCUT2D eigenvalue weighted by molar-refractivity contribution is -0.0914. The van der Waals surface area contributed by atoms with Gasteiger partial charge >= 0.3 is 7.12 Å². The molecule has 3 aliphatic rings. The molecule has 0 amide bonds. The van der Waals surface area contributed by atoms with Crippen molar-refractivity contribution in [1.29, 1.82) is 0 Å². The molecule has 2 aromatic rings. The molecule has 254 valence electrons. The number of rotatable bonds is 16. The highest BCUT2D eigenvalue weighted by atomic mass is 35.5. The molecule has 46 heavy (non-hydrogen) atoms. The van der Waals surface area contributed by atoms with Crippen LogP contribution in [-0.4, -0.2) is 43.9 Å². The van der Waals surface area contributed by atoms with Crippen LogP contribution in [0.15, 0.2) is 54.6 Å². The number of ether oxygens (including phenoxy) is 3. The molecule has 0 N–H and O–H groups in total. The van der Waals surface area contributed by atoms with Crippen LogP contribution in [0.4, 0.5) is 0 Å². The third kappa shape index (κ3) is 9.75. The van der Waals surface area contributed by atoms with Crippen molar-refractivity contribution in [2.45, 2.75) is 141 Å². The molecule has 7 atom stereocenters. The minimum absolute atomic E-state index is 0.0188. The molecule has 2 saturated carbocycles. The molecular formula is C39H58BClO5. The molecule has 1 saturated heterocycles. The molecule has 3 fully saturated rings. The normalized spacial score (nSPS) is 24.8. The van der Waals surface area contributed by atoms with E-state index in [0.717, 1.165) is 17.7 Å². The van der Waals surface area contributed by atoms with E-state index in [2.05, 4.69) is 57.2 Å². The molecule has 0 spiro atoms. The first-order valence-corrected chi connectivity index (χ1v) is 18.8. The molecule has 5 nitrogen and oxygen atoms in total. The van der Waals surface area contributed by atoms with Gasteiger partial charge in [0.1, 0.15) is 5.75 Å². The summed E-state index contributed by atoms with van der Waals surface area (Å²) in [5.41, 5.74) is 2.29. The summed E-state index contributed by atoms with van der Waals surface area (Å²) in [4.78, 5) is 0. The van der Waals surface area contributed by atoms with Gasteiger partial charge in [0.15, 0.2) is 0 Å². The number of benzene rings is 2. The van der Waals surface area contributed by atoms with Crippen LogP contribution in [0.5, 0.6) is 5.75 Å². The van der Waals surface area contributed by atoms with Crippen LogP contribution < -0.4 is 4.74 Å². The van der Waals surface area contributed by atoms with Crippen LogP contribution in [0.1, 0.15) is 109 Å². The van der Waals surface area contributed by atoms with Gasteiger partial charge in [-0.3, -0.25) is 0 Å². The Morgan fingerprint density at radius 3 is 1.85 bits per heavy atom. The van der Waals surface area contributed by atoms with E-state index < -0.39 is 7.12 Å². The summed E-state index contributed by atoms with van der Waals surface area (Å²) < 4.78 is 32.6. The average molecular weight is 653 g/mol. The molecule has 2 aliphatic carbocycles. The van der Waals surface area contributed by atoms with E-state index in [0.29, 0.717) is 37.4 Å². The number of hydrogen-bond acceptors (Lipinski definition) is 5. The van der Waals surface area contributed by atoms with Crippen LogP contribution in [0.2, 0.25) is 0 Å². The Morgan fingerprint density at radius 1 is 0.761 bits per heavy atom. The molecule has 0 aromatic heterocycles. The van der Waals surface area contributed by atoms with Crippen molar-refractivity contribution >= 4 is 18.7 Å². The fraction of sp³-hybridized carbons (Fsp3) is 0.692. The smallest absolute Gasteiger partial charge is 0.476 e. The lowest BCUT2D eigenvalue weighted by Gasteiger charge is -2.35. The van der Waals surface area contributed by atoms with Gasteiger partial charge in [-0.05, 0) is 73.1 Å². The second kappa shape index (κ2) is 18.3. The van der Waals surface area contributed by atoms with Crippen LogP contribution >= 0.6 is 11.6 Å². The van der Waals surface area contributed by atoms with Gasteiger partial charge in [0.2, 0.25) is 0 Å². The third-order valence-electron chi connectivity index (χ3n) is 11.1. The van der Waals surface area contributed by atoms with Crippen molar-refractivity contribution in [2.24, 2.45) is 23.7 Å². The Kier molecular flexibility index (Phi) is 14.2. The van der Waals surface area contributed by atoms with Crippen molar-refractivity contribution in [3.8, 4) is 5.75 Å². The maximum Gasteiger partial charge on any atom is 0.476 e. The number of methoxy groups -OCH3 is 1. The highest BCUT2D eigenvalue weighted by molar-refractivity contribution is 6.59. The average Bonchev–Trinajstić information content (AvgIpc) is 3.57. The highest BCUT2D eigenvalue weighted by Crippen LogP contribution is 2.42. The maximum absolute atomic E-state index is 7.36. The van der Waals surface area contributed by atoms with E-state index in [4.69, 9.17) is 35.1 Å². The molecule has 7 heteroatoms. The van der Waals surface area contributed by atoms with Gasteiger partial charge in [0, 0.05) is 5.92 Å². The lowest BCUT2D eigenvalue weighted by Crippen LogP contribution is -2.41. The largest absolute Gasteiger partial charge is 0.497 e. The van der Waals surface area contributed by atoms with Crippen LogP contribution in [0.3, 0.4) is 0 Å². The van der Waals surface area contributed by atoms with Crippen LogP contribution in [0.25, 0.3) is 0 Å². The summed E-state index contributed by atoms with van der Waals surface area (Å²) in [6.07, 6.45) is 14.8. The maximum atomic E-state index is 7.36. The SMILES string of the molecule is CC[C@H](C)[C@@H](OCc1ccccc1)[C@@H](C)[C@H](C[C@@H](Cl)B1O[C@@H](C2CCCCC2)[C@H](C2CCCCC2)O1)OCc1ccc(OC)cc1. The minimum Gasteiger partial charge on any atom is -0.497 e. The Balaban J connectivity index is 1.32. The quantitative estimate of drug-likeness (QED) is 0.133. The Labute approximate surface area is 284 Å². The fourth-order valence-electron chi connectivity index (χ4n) is 8.09. The van der Waals surface area contributed by atoms with E-state index in [9.17, 15) is 0 Å². The van der Waals surface area contributed by atoms with E-state index in [1.165, 1.54) is 69.8 Å². The number of halogens is 1. The predicted molar refractivity (Wildman–Crippen MR) is 188 cm³/mol. The molecule has 5 rings (SSSR count). The first kappa shape index (κ1) is 35.7. The van der Waals surface area contributed by atoms with E-state index in [1.54, 1.807) is 7.11 Å². The van der Waals surface area contributed by atoms with Gasteiger partial charge < -0.3 is 23.5 Å². The predicted octanol–water partition coefficient (Wildman–Crippen LogP) is 9.82. The third-order valence-corrected chi connectivity index (χ3v) is 11.5. The summed E-state index contributed by atoms with van der Waals surface area (Å²) in [5.74, 6) is 2.48. The molecule has 0 unspecified atom stereocenters. The summed E-state index contributed by atoms with van der Waals surface area (Å²) in [5, 5.41) is -0.310. The number of alkyl halides is 1. The van der Waals surface area contributed by atoms with Gasteiger partial charge in [-0.15, -0.1) is 11.6 Å². The van der Waals surface area contributed by atoms with Crippen molar-refractivity contribution in [1.82, 2.24) is 0 Å². The minimum atomic E-state index is -0.410. The van der Waals surface area contributed by atoms with Crippen molar-refractivity contribution in [2.75, 3.05) is 7.11 Å². The molecule has 0 bridgehead atoms. The zero-order chi connectivity index (χ0) is 32.3. The van der Waals surface area contributed by atoms with Crippen molar-refractivity contribution in [3.63, 3.8) is 0 Å². The number of hydrogen-bond donors (Lipinski definition) is 0. The Bertz CT molecular complexity index is 1100. The standard InChI is InChI=1S/C39H58BClO5/c1-5-28(2)37(44-27-30-15-9-6-10-16-30)29(3)35(43-26-31-21-23-34(42-4)24-22-31)25-36(41)40-45-38(32-17-11-7-12-18-32)39(46-40)33-19-13-8-14-20-33/h6,9-10,15-16,21-24,28-29,32-33,35-39H,5,7-8,11-14,17-20,25-27H2,1-4H3/t28-,29-,35-,36+,37+,38-,39-/m0/s1. The van der Waals surface area contributed by atoms with Gasteiger partial charge in [0.25, 0.3) is 0 Å². The zero-order valence-electron chi connectivity index (χ0n) is 28.8. The van der Waals surface area contributed by atoms with Gasteiger partial charge in [-0.1, -0.05) is 108 Å². The van der Waals surface area contributed by atoms with Gasteiger partial charge in [-0.2, -0.15) is 0 Å². The Morgan fingerprint density at radius 2 is 1.30 bits per heavy atom. The summed E-state index contributed by atoms with van der Waals surface area (Å²) in [6, 6.07) is 18.6. The van der Waals surface area contributed by atoms with Gasteiger partial charge in [0.05, 0.1) is 50.0 Å². The van der Waals surface area contributed by atoms with E-state index in [-0.39, 0.29) is 35.6 Å². The van der Waals surface area contributed by atoms with Crippen molar-refractivity contribution in [3.05, 3.63) is 65.7 Å². The fourth-order valence-corrected chi connectivity index (χ4v) is 8.38. The second-order valence-electron chi connectivity index (χ2n) is 14.3. The van der Waals surface area contributed by atoms with E-state index >= 15 is 0 Å². The molecule has 2 aromatic carbocycles. The summed E-state index contributed by atoms with van der Waals surface area (Å²) >= 11 is 7.36. The molecule has 1 aliphatic heterocycles. The molecule has 1 heterocycles. The first-order chi connectivity index (χ1) is 22.5.